The predicted molar refractivity (Wildman–Crippen MR) is 66.6 cm³/mol. The lowest BCUT2D eigenvalue weighted by Crippen LogP contribution is -2.19. The third kappa shape index (κ3) is 2.31. The minimum absolute atomic E-state index is 0.0909. The second kappa shape index (κ2) is 4.36. The van der Waals surface area contributed by atoms with Crippen molar-refractivity contribution in [3.63, 3.8) is 0 Å². The van der Waals surface area contributed by atoms with Gasteiger partial charge in [-0.3, -0.25) is 0 Å². The molecule has 3 nitrogen and oxygen atoms in total. The number of aryl methyl sites for hydroxylation is 1. The topological polar surface area (TPSA) is 51.8 Å². The highest BCUT2D eigenvalue weighted by Gasteiger charge is 2.08. The summed E-state index contributed by atoms with van der Waals surface area (Å²) < 4.78 is 0. The molecule has 0 radical (unpaired) electrons. The van der Waals surface area contributed by atoms with Crippen LogP contribution in [0, 0.1) is 6.92 Å². The molecule has 1 aromatic heterocycles. The Morgan fingerprint density at radius 2 is 2.12 bits per heavy atom. The van der Waals surface area contributed by atoms with E-state index in [1.165, 1.54) is 0 Å². The van der Waals surface area contributed by atoms with E-state index in [9.17, 15) is 0 Å². The number of fused-ring (bicyclic) bond motifs is 1. The van der Waals surface area contributed by atoms with Gasteiger partial charge in [0.05, 0.1) is 11.2 Å². The van der Waals surface area contributed by atoms with E-state index in [0.29, 0.717) is 5.02 Å². The fraction of sp³-hybridized carbons (Fsp3) is 0.333. The van der Waals surface area contributed by atoms with Crippen LogP contribution in [0.15, 0.2) is 18.2 Å². The van der Waals surface area contributed by atoms with Crippen molar-refractivity contribution in [3.05, 3.63) is 34.7 Å². The maximum Gasteiger partial charge on any atom is 0.126 e. The molecule has 1 atom stereocenters. The van der Waals surface area contributed by atoms with Crippen LogP contribution in [0.25, 0.3) is 10.9 Å². The van der Waals surface area contributed by atoms with Gasteiger partial charge in [-0.15, -0.1) is 0 Å². The molecule has 1 unspecified atom stereocenters. The van der Waals surface area contributed by atoms with Gasteiger partial charge < -0.3 is 5.73 Å². The number of nitrogens with two attached hydrogens (primary N) is 1. The summed E-state index contributed by atoms with van der Waals surface area (Å²) in [5, 5.41) is 1.73. The molecule has 0 spiro atoms. The zero-order chi connectivity index (χ0) is 11.7. The van der Waals surface area contributed by atoms with Crippen molar-refractivity contribution in [2.75, 3.05) is 0 Å². The first-order valence-electron chi connectivity index (χ1n) is 5.24. The average Bonchev–Trinajstić information content (AvgIpc) is 2.15. The molecule has 0 aliphatic carbocycles. The Kier molecular flexibility index (Phi) is 3.08. The lowest BCUT2D eigenvalue weighted by Gasteiger charge is -2.09. The lowest BCUT2D eigenvalue weighted by molar-refractivity contribution is 0.722. The Morgan fingerprint density at radius 1 is 1.38 bits per heavy atom. The van der Waals surface area contributed by atoms with Gasteiger partial charge in [0.15, 0.2) is 0 Å². The van der Waals surface area contributed by atoms with Gasteiger partial charge in [0.2, 0.25) is 0 Å². The molecule has 0 saturated heterocycles. The first kappa shape index (κ1) is 11.3. The number of aromatic nitrogens is 2. The van der Waals surface area contributed by atoms with E-state index in [1.807, 2.05) is 32.0 Å². The second-order valence-electron chi connectivity index (χ2n) is 4.06. The molecule has 2 rings (SSSR count). The zero-order valence-corrected chi connectivity index (χ0v) is 10.1. The fourth-order valence-corrected chi connectivity index (χ4v) is 1.92. The van der Waals surface area contributed by atoms with Crippen LogP contribution in [0.1, 0.15) is 18.4 Å². The molecular formula is C12H14ClN3. The van der Waals surface area contributed by atoms with Gasteiger partial charge in [-0.05, 0) is 32.0 Å². The quantitative estimate of drug-likeness (QED) is 0.870. The Morgan fingerprint density at radius 3 is 2.81 bits per heavy atom. The van der Waals surface area contributed by atoms with Gasteiger partial charge in [0.1, 0.15) is 5.82 Å². The summed E-state index contributed by atoms with van der Waals surface area (Å²) in [6.07, 6.45) is 0.751. The Labute approximate surface area is 99.7 Å². The van der Waals surface area contributed by atoms with Crippen molar-refractivity contribution in [1.29, 1.82) is 0 Å². The molecule has 4 heteroatoms. The van der Waals surface area contributed by atoms with Crippen molar-refractivity contribution in [3.8, 4) is 0 Å². The standard InChI is InChI=1S/C12H14ClN3/c1-7(14)5-11-10-4-3-9(13)6-12(10)16-8(2)15-11/h3-4,6-7H,5,14H2,1-2H3. The maximum atomic E-state index is 5.94. The third-order valence-electron chi connectivity index (χ3n) is 2.37. The SMILES string of the molecule is Cc1nc(CC(C)N)c2ccc(Cl)cc2n1. The second-order valence-corrected chi connectivity index (χ2v) is 4.50. The van der Waals surface area contributed by atoms with Crippen molar-refractivity contribution >= 4 is 22.5 Å². The summed E-state index contributed by atoms with van der Waals surface area (Å²) in [7, 11) is 0. The summed E-state index contributed by atoms with van der Waals surface area (Å²) in [6, 6.07) is 5.76. The van der Waals surface area contributed by atoms with Gasteiger partial charge in [0, 0.05) is 22.9 Å². The molecule has 0 amide bonds. The first-order valence-corrected chi connectivity index (χ1v) is 5.62. The monoisotopic (exact) mass is 235 g/mol. The van der Waals surface area contributed by atoms with Crippen molar-refractivity contribution in [2.45, 2.75) is 26.3 Å². The van der Waals surface area contributed by atoms with E-state index >= 15 is 0 Å². The van der Waals surface area contributed by atoms with Crippen LogP contribution in [0.2, 0.25) is 5.02 Å². The number of hydrogen-bond acceptors (Lipinski definition) is 3. The van der Waals surface area contributed by atoms with E-state index < -0.39 is 0 Å². The fourth-order valence-electron chi connectivity index (χ4n) is 1.76. The number of halogens is 1. The lowest BCUT2D eigenvalue weighted by atomic mass is 10.1. The molecule has 0 saturated carbocycles. The largest absolute Gasteiger partial charge is 0.328 e. The van der Waals surface area contributed by atoms with E-state index in [-0.39, 0.29) is 6.04 Å². The normalized spacial score (nSPS) is 13.0. The Balaban J connectivity index is 2.63. The van der Waals surface area contributed by atoms with E-state index in [0.717, 1.165) is 28.8 Å². The van der Waals surface area contributed by atoms with Crippen molar-refractivity contribution in [2.24, 2.45) is 5.73 Å². The zero-order valence-electron chi connectivity index (χ0n) is 9.37. The van der Waals surface area contributed by atoms with Crippen LogP contribution in [0.4, 0.5) is 0 Å². The van der Waals surface area contributed by atoms with Crippen LogP contribution in [0.3, 0.4) is 0 Å². The first-order chi connectivity index (χ1) is 7.56. The molecule has 84 valence electrons. The number of benzene rings is 1. The van der Waals surface area contributed by atoms with Gasteiger partial charge in [-0.1, -0.05) is 11.6 Å². The summed E-state index contributed by atoms with van der Waals surface area (Å²) in [5.74, 6) is 0.755. The smallest absolute Gasteiger partial charge is 0.126 e. The number of hydrogen-bond donors (Lipinski definition) is 1. The van der Waals surface area contributed by atoms with Gasteiger partial charge in [-0.2, -0.15) is 0 Å². The van der Waals surface area contributed by atoms with Crippen molar-refractivity contribution in [1.82, 2.24) is 9.97 Å². The van der Waals surface area contributed by atoms with E-state index in [4.69, 9.17) is 17.3 Å². The molecule has 0 bridgehead atoms. The molecular weight excluding hydrogens is 222 g/mol. The van der Waals surface area contributed by atoms with Gasteiger partial charge >= 0.3 is 0 Å². The molecule has 1 heterocycles. The van der Waals surface area contributed by atoms with Crippen LogP contribution in [0.5, 0.6) is 0 Å². The molecule has 0 fully saturated rings. The Bertz CT molecular complexity index is 518. The van der Waals surface area contributed by atoms with E-state index in [2.05, 4.69) is 9.97 Å². The number of nitrogens with zero attached hydrogens (tertiary/aromatic N) is 2. The Hall–Kier alpha value is -1.19. The maximum absolute atomic E-state index is 5.94. The van der Waals surface area contributed by atoms with Crippen LogP contribution < -0.4 is 5.73 Å². The molecule has 1 aromatic carbocycles. The van der Waals surface area contributed by atoms with E-state index in [1.54, 1.807) is 0 Å². The highest BCUT2D eigenvalue weighted by molar-refractivity contribution is 6.31. The molecule has 2 N–H and O–H groups in total. The van der Waals surface area contributed by atoms with Crippen molar-refractivity contribution < 1.29 is 0 Å². The minimum Gasteiger partial charge on any atom is -0.328 e. The summed E-state index contributed by atoms with van der Waals surface area (Å²) in [6.45, 7) is 3.85. The molecule has 0 aliphatic rings. The summed E-state index contributed by atoms with van der Waals surface area (Å²) >= 11 is 5.94. The average molecular weight is 236 g/mol. The highest BCUT2D eigenvalue weighted by Crippen LogP contribution is 2.21. The summed E-state index contributed by atoms with van der Waals surface area (Å²) in [5.41, 5.74) is 7.69. The predicted octanol–water partition coefficient (Wildman–Crippen LogP) is 2.48. The minimum atomic E-state index is 0.0909. The summed E-state index contributed by atoms with van der Waals surface area (Å²) in [4.78, 5) is 8.81. The third-order valence-corrected chi connectivity index (χ3v) is 2.60. The van der Waals surface area contributed by atoms with Crippen LogP contribution >= 0.6 is 11.6 Å². The van der Waals surface area contributed by atoms with Gasteiger partial charge in [-0.25, -0.2) is 9.97 Å². The van der Waals surface area contributed by atoms with Crippen LogP contribution in [-0.2, 0) is 6.42 Å². The van der Waals surface area contributed by atoms with Crippen LogP contribution in [-0.4, -0.2) is 16.0 Å². The molecule has 16 heavy (non-hydrogen) atoms. The van der Waals surface area contributed by atoms with Gasteiger partial charge in [0.25, 0.3) is 0 Å². The molecule has 0 aliphatic heterocycles. The number of rotatable bonds is 2. The highest BCUT2D eigenvalue weighted by atomic mass is 35.5. The molecule has 2 aromatic rings.